The Hall–Kier alpha value is -1.26. The molecule has 0 spiro atoms. The first-order valence-corrected chi connectivity index (χ1v) is 3.01. The molecule has 0 amide bonds. The summed E-state index contributed by atoms with van der Waals surface area (Å²) in [7, 11) is 1.82. The molecule has 1 aliphatic heterocycles. The molecule has 0 saturated heterocycles. The van der Waals surface area contributed by atoms with Gasteiger partial charge in [0.05, 0.1) is 0 Å². The summed E-state index contributed by atoms with van der Waals surface area (Å²) in [6.45, 7) is 1.90. The molecule has 0 aromatic rings. The summed E-state index contributed by atoms with van der Waals surface area (Å²) in [4.78, 5) is 9.48. The molecular formula is C5H11N5. The molecule has 1 unspecified atom stereocenters. The van der Waals surface area contributed by atoms with Gasteiger partial charge in [-0.1, -0.05) is 0 Å². The molecule has 0 saturated carbocycles. The maximum absolute atomic E-state index is 5.47. The van der Waals surface area contributed by atoms with Crippen molar-refractivity contribution in [1.29, 1.82) is 0 Å². The number of aliphatic imine (C=N–C) groups is 2. The second-order valence-corrected chi connectivity index (χ2v) is 2.20. The largest absolute Gasteiger partial charge is 0.369 e. The van der Waals surface area contributed by atoms with Gasteiger partial charge in [-0.3, -0.25) is 0 Å². The lowest BCUT2D eigenvalue weighted by Gasteiger charge is -2.25. The predicted molar refractivity (Wildman–Crippen MR) is 40.5 cm³/mol. The number of nitrogens with two attached hydrogens (primary N) is 2. The molecule has 1 atom stereocenters. The molecule has 10 heavy (non-hydrogen) atoms. The number of rotatable bonds is 0. The van der Waals surface area contributed by atoms with Crippen molar-refractivity contribution in [3.05, 3.63) is 0 Å². The third kappa shape index (κ3) is 1.02. The van der Waals surface area contributed by atoms with Gasteiger partial charge in [0.2, 0.25) is 11.9 Å². The fourth-order valence-corrected chi connectivity index (χ4v) is 0.695. The molecule has 5 heteroatoms. The maximum Gasteiger partial charge on any atom is 0.220 e. The zero-order chi connectivity index (χ0) is 7.72. The number of guanidine groups is 2. The van der Waals surface area contributed by atoms with Crippen LogP contribution in [0.15, 0.2) is 9.98 Å². The zero-order valence-electron chi connectivity index (χ0n) is 6.07. The summed E-state index contributed by atoms with van der Waals surface area (Å²) in [6.07, 6.45) is -0.00231. The normalized spacial score (nSPS) is 25.8. The van der Waals surface area contributed by atoms with Crippen molar-refractivity contribution in [3.63, 3.8) is 0 Å². The van der Waals surface area contributed by atoms with Gasteiger partial charge in [-0.2, -0.15) is 4.99 Å². The molecule has 4 N–H and O–H groups in total. The van der Waals surface area contributed by atoms with Crippen LogP contribution in [0, 0.1) is 0 Å². The van der Waals surface area contributed by atoms with Crippen LogP contribution in [0.5, 0.6) is 0 Å². The SMILES string of the molecule is CC1N=C(N)N=C(N)N1C. The smallest absolute Gasteiger partial charge is 0.220 e. The highest BCUT2D eigenvalue weighted by atomic mass is 15.4. The second-order valence-electron chi connectivity index (χ2n) is 2.20. The van der Waals surface area contributed by atoms with Gasteiger partial charge < -0.3 is 16.4 Å². The summed E-state index contributed by atoms with van der Waals surface area (Å²) in [5, 5.41) is 0. The molecule has 1 heterocycles. The average molecular weight is 141 g/mol. The standard InChI is InChI=1S/C5H11N5/c1-3-8-4(6)9-5(7)10(3)2/h3H,1-2H3,(H4,6,7,8,9). The molecule has 5 nitrogen and oxygen atoms in total. The Labute approximate surface area is 59.4 Å². The molecule has 1 rings (SSSR count). The van der Waals surface area contributed by atoms with Crippen molar-refractivity contribution < 1.29 is 0 Å². The van der Waals surface area contributed by atoms with E-state index in [1.165, 1.54) is 0 Å². The second kappa shape index (κ2) is 2.17. The topological polar surface area (TPSA) is 80.0 Å². The minimum absolute atomic E-state index is 0.00231. The lowest BCUT2D eigenvalue weighted by molar-refractivity contribution is 0.392. The quantitative estimate of drug-likeness (QED) is 0.449. The van der Waals surface area contributed by atoms with Crippen LogP contribution in [0.25, 0.3) is 0 Å². The van der Waals surface area contributed by atoms with E-state index in [1.54, 1.807) is 4.90 Å². The third-order valence-corrected chi connectivity index (χ3v) is 1.47. The fraction of sp³-hybridized carbons (Fsp3) is 0.600. The highest BCUT2D eigenvalue weighted by Gasteiger charge is 2.14. The van der Waals surface area contributed by atoms with Crippen LogP contribution in [0.3, 0.4) is 0 Å². The summed E-state index contributed by atoms with van der Waals surface area (Å²) in [5.41, 5.74) is 10.8. The van der Waals surface area contributed by atoms with Crippen LogP contribution in [0.2, 0.25) is 0 Å². The fourth-order valence-electron chi connectivity index (χ4n) is 0.695. The Morgan fingerprint density at radius 2 is 2.10 bits per heavy atom. The average Bonchev–Trinajstić information content (AvgIpc) is 1.82. The summed E-state index contributed by atoms with van der Waals surface area (Å²) in [5.74, 6) is 0.670. The van der Waals surface area contributed by atoms with E-state index in [0.717, 1.165) is 0 Å². The summed E-state index contributed by atoms with van der Waals surface area (Å²) < 4.78 is 0. The Morgan fingerprint density at radius 1 is 1.50 bits per heavy atom. The minimum atomic E-state index is -0.00231. The number of hydrogen-bond donors (Lipinski definition) is 2. The van der Waals surface area contributed by atoms with Crippen molar-refractivity contribution in [2.75, 3.05) is 7.05 Å². The van der Waals surface area contributed by atoms with Crippen LogP contribution < -0.4 is 11.5 Å². The molecule has 0 bridgehead atoms. The highest BCUT2D eigenvalue weighted by Crippen LogP contribution is 2.01. The van der Waals surface area contributed by atoms with Crippen molar-refractivity contribution in [3.8, 4) is 0 Å². The molecule has 1 aliphatic rings. The van der Waals surface area contributed by atoms with Crippen molar-refractivity contribution in [1.82, 2.24) is 4.90 Å². The van der Waals surface area contributed by atoms with Crippen molar-refractivity contribution in [2.45, 2.75) is 13.1 Å². The lowest BCUT2D eigenvalue weighted by atomic mass is 10.5. The van der Waals surface area contributed by atoms with E-state index in [0.29, 0.717) is 5.96 Å². The van der Waals surface area contributed by atoms with Gasteiger partial charge >= 0.3 is 0 Å². The molecule has 0 aromatic carbocycles. The summed E-state index contributed by atoms with van der Waals surface area (Å²) >= 11 is 0. The van der Waals surface area contributed by atoms with E-state index in [-0.39, 0.29) is 12.1 Å². The van der Waals surface area contributed by atoms with Crippen LogP contribution in [0.4, 0.5) is 0 Å². The first-order chi connectivity index (χ1) is 4.61. The molecule has 0 radical (unpaired) electrons. The van der Waals surface area contributed by atoms with E-state index < -0.39 is 0 Å². The van der Waals surface area contributed by atoms with Crippen molar-refractivity contribution in [2.24, 2.45) is 21.5 Å². The van der Waals surface area contributed by atoms with E-state index in [1.807, 2.05) is 14.0 Å². The first kappa shape index (κ1) is 6.85. The number of hydrogen-bond acceptors (Lipinski definition) is 5. The molecule has 0 aliphatic carbocycles. The molecule has 56 valence electrons. The molecular weight excluding hydrogens is 130 g/mol. The molecule has 0 fully saturated rings. The van der Waals surface area contributed by atoms with Gasteiger partial charge in [0.1, 0.15) is 6.17 Å². The van der Waals surface area contributed by atoms with E-state index in [2.05, 4.69) is 9.98 Å². The Bertz CT molecular complexity index is 194. The Balaban J connectivity index is 2.85. The van der Waals surface area contributed by atoms with Crippen LogP contribution in [-0.2, 0) is 0 Å². The highest BCUT2D eigenvalue weighted by molar-refractivity contribution is 5.95. The van der Waals surface area contributed by atoms with Crippen LogP contribution in [0.1, 0.15) is 6.92 Å². The van der Waals surface area contributed by atoms with Gasteiger partial charge in [0.25, 0.3) is 0 Å². The number of nitrogens with zero attached hydrogens (tertiary/aromatic N) is 3. The first-order valence-electron chi connectivity index (χ1n) is 3.01. The monoisotopic (exact) mass is 141 g/mol. The van der Waals surface area contributed by atoms with E-state index >= 15 is 0 Å². The zero-order valence-corrected chi connectivity index (χ0v) is 6.07. The van der Waals surface area contributed by atoms with Gasteiger partial charge in [0, 0.05) is 7.05 Å². The third-order valence-electron chi connectivity index (χ3n) is 1.47. The van der Waals surface area contributed by atoms with E-state index in [4.69, 9.17) is 11.5 Å². The van der Waals surface area contributed by atoms with Gasteiger partial charge in [-0.25, -0.2) is 4.99 Å². The van der Waals surface area contributed by atoms with Crippen molar-refractivity contribution >= 4 is 11.9 Å². The maximum atomic E-state index is 5.47. The Kier molecular flexibility index (Phi) is 1.48. The minimum Gasteiger partial charge on any atom is -0.369 e. The van der Waals surface area contributed by atoms with Gasteiger partial charge in [-0.15, -0.1) is 0 Å². The Morgan fingerprint density at radius 3 is 2.60 bits per heavy atom. The van der Waals surface area contributed by atoms with E-state index in [9.17, 15) is 0 Å². The summed E-state index contributed by atoms with van der Waals surface area (Å²) in [6, 6.07) is 0. The lowest BCUT2D eigenvalue weighted by Crippen LogP contribution is -2.44. The van der Waals surface area contributed by atoms with Crippen LogP contribution >= 0.6 is 0 Å². The molecule has 0 aromatic heterocycles. The predicted octanol–water partition coefficient (Wildman–Crippen LogP) is -1.09. The van der Waals surface area contributed by atoms with Gasteiger partial charge in [-0.05, 0) is 6.92 Å². The van der Waals surface area contributed by atoms with Gasteiger partial charge in [0.15, 0.2) is 0 Å². The van der Waals surface area contributed by atoms with Crippen LogP contribution in [-0.4, -0.2) is 30.0 Å².